The third-order valence-corrected chi connectivity index (χ3v) is 4.95. The number of methoxy groups -OCH3 is 2. The van der Waals surface area contributed by atoms with Gasteiger partial charge < -0.3 is 25.2 Å². The molecule has 1 heterocycles. The van der Waals surface area contributed by atoms with E-state index in [9.17, 15) is 14.7 Å². The zero-order valence-corrected chi connectivity index (χ0v) is 17.3. The van der Waals surface area contributed by atoms with Crippen LogP contribution in [0.1, 0.15) is 44.2 Å². The number of rotatable bonds is 4. The van der Waals surface area contributed by atoms with E-state index in [2.05, 4.69) is 10.6 Å². The van der Waals surface area contributed by atoms with E-state index in [1.165, 1.54) is 14.2 Å². The molecule has 0 saturated heterocycles. The highest BCUT2D eigenvalue weighted by Gasteiger charge is 2.30. The standard InChI is InChI=1S/C22H26N2O5/c1-22(2,3)21(27)24-16-9-14-13(12-6-7-18(28-4)17(25)8-12)10-20(26)23-15(14)11-19(16)29-5/h6-9,11,13,25H,10H2,1-5H3,(H,23,26)(H,24,27). The summed E-state index contributed by atoms with van der Waals surface area (Å²) in [7, 11) is 2.99. The number of carbonyl (C=O) groups is 2. The largest absolute Gasteiger partial charge is 0.504 e. The van der Waals surface area contributed by atoms with Crippen molar-refractivity contribution in [3.63, 3.8) is 0 Å². The van der Waals surface area contributed by atoms with Crippen LogP contribution in [0, 0.1) is 5.41 Å². The maximum atomic E-state index is 12.5. The van der Waals surface area contributed by atoms with Crippen LogP contribution >= 0.6 is 0 Å². The Kier molecular flexibility index (Phi) is 5.42. The topological polar surface area (TPSA) is 96.9 Å². The van der Waals surface area contributed by atoms with Crippen molar-refractivity contribution in [2.75, 3.05) is 24.9 Å². The molecular formula is C22H26N2O5. The molecule has 0 saturated carbocycles. The van der Waals surface area contributed by atoms with Crippen molar-refractivity contribution < 1.29 is 24.2 Å². The van der Waals surface area contributed by atoms with Gasteiger partial charge in [0.2, 0.25) is 11.8 Å². The predicted octanol–water partition coefficient (Wildman–Crippen LogP) is 3.87. The number of phenols is 1. The summed E-state index contributed by atoms with van der Waals surface area (Å²) < 4.78 is 10.5. The van der Waals surface area contributed by atoms with Gasteiger partial charge in [-0.05, 0) is 29.3 Å². The summed E-state index contributed by atoms with van der Waals surface area (Å²) in [4.78, 5) is 24.8. The summed E-state index contributed by atoms with van der Waals surface area (Å²) >= 11 is 0. The minimum atomic E-state index is -0.573. The molecule has 7 heteroatoms. The lowest BCUT2D eigenvalue weighted by atomic mass is 9.84. The normalized spacial score (nSPS) is 15.9. The second-order valence-corrected chi connectivity index (χ2v) is 8.08. The van der Waals surface area contributed by atoms with Gasteiger partial charge in [0.25, 0.3) is 0 Å². The summed E-state index contributed by atoms with van der Waals surface area (Å²) in [5.41, 5.74) is 2.19. The van der Waals surface area contributed by atoms with Crippen molar-refractivity contribution in [2.24, 2.45) is 5.41 Å². The SMILES string of the molecule is COc1ccc(C2CC(=O)Nc3cc(OC)c(NC(=O)C(C)(C)C)cc32)cc1O. The van der Waals surface area contributed by atoms with Crippen LogP contribution in [0.3, 0.4) is 0 Å². The van der Waals surface area contributed by atoms with E-state index < -0.39 is 5.41 Å². The molecule has 0 bridgehead atoms. The highest BCUT2D eigenvalue weighted by Crippen LogP contribution is 2.43. The molecule has 154 valence electrons. The van der Waals surface area contributed by atoms with Crippen LogP contribution in [0.15, 0.2) is 30.3 Å². The smallest absolute Gasteiger partial charge is 0.229 e. The molecule has 1 aliphatic heterocycles. The fourth-order valence-electron chi connectivity index (χ4n) is 3.29. The number of nitrogens with one attached hydrogen (secondary N) is 2. The molecule has 2 aromatic carbocycles. The van der Waals surface area contributed by atoms with Crippen LogP contribution in [-0.2, 0) is 9.59 Å². The molecule has 1 atom stereocenters. The maximum Gasteiger partial charge on any atom is 0.229 e. The van der Waals surface area contributed by atoms with Crippen LogP contribution in [0.4, 0.5) is 11.4 Å². The molecule has 0 aromatic heterocycles. The Balaban J connectivity index is 2.08. The van der Waals surface area contributed by atoms with E-state index in [0.717, 1.165) is 11.1 Å². The Labute approximate surface area is 170 Å². The summed E-state index contributed by atoms with van der Waals surface area (Å²) in [6.45, 7) is 5.49. The van der Waals surface area contributed by atoms with Gasteiger partial charge in [-0.1, -0.05) is 26.8 Å². The first-order valence-corrected chi connectivity index (χ1v) is 9.34. The van der Waals surface area contributed by atoms with Gasteiger partial charge in [-0.25, -0.2) is 0 Å². The highest BCUT2D eigenvalue weighted by atomic mass is 16.5. The first-order valence-electron chi connectivity index (χ1n) is 9.34. The van der Waals surface area contributed by atoms with Gasteiger partial charge in [0.15, 0.2) is 11.5 Å². The fraction of sp³-hybridized carbons (Fsp3) is 0.364. The van der Waals surface area contributed by atoms with Crippen molar-refractivity contribution >= 4 is 23.2 Å². The Morgan fingerprint density at radius 3 is 2.41 bits per heavy atom. The number of hydrogen-bond donors (Lipinski definition) is 3. The Bertz CT molecular complexity index is 962. The third kappa shape index (κ3) is 4.13. The van der Waals surface area contributed by atoms with Crippen molar-refractivity contribution in [3.05, 3.63) is 41.5 Å². The molecule has 3 N–H and O–H groups in total. The molecule has 0 aliphatic carbocycles. The number of amides is 2. The van der Waals surface area contributed by atoms with Gasteiger partial charge in [-0.2, -0.15) is 0 Å². The molecule has 2 aromatic rings. The number of phenolic OH excluding ortho intramolecular Hbond substituents is 1. The Morgan fingerprint density at radius 1 is 1.14 bits per heavy atom. The van der Waals surface area contributed by atoms with E-state index in [1.54, 1.807) is 18.2 Å². The monoisotopic (exact) mass is 398 g/mol. The van der Waals surface area contributed by atoms with E-state index in [1.807, 2.05) is 32.9 Å². The van der Waals surface area contributed by atoms with Gasteiger partial charge in [0.05, 0.1) is 19.9 Å². The number of anilines is 2. The first kappa shape index (κ1) is 20.5. The average Bonchev–Trinajstić information content (AvgIpc) is 2.66. The quantitative estimate of drug-likeness (QED) is 0.726. The molecule has 3 rings (SSSR count). The predicted molar refractivity (Wildman–Crippen MR) is 111 cm³/mol. The molecule has 1 aliphatic rings. The third-order valence-electron chi connectivity index (χ3n) is 4.95. The zero-order chi connectivity index (χ0) is 21.3. The van der Waals surface area contributed by atoms with Crippen LogP contribution in [0.2, 0.25) is 0 Å². The summed E-state index contributed by atoms with van der Waals surface area (Å²) in [5.74, 6) is 0.265. The lowest BCUT2D eigenvalue weighted by Crippen LogP contribution is -2.28. The van der Waals surface area contributed by atoms with Crippen LogP contribution in [-0.4, -0.2) is 31.1 Å². The van der Waals surface area contributed by atoms with E-state index in [4.69, 9.17) is 9.47 Å². The number of fused-ring (bicyclic) bond motifs is 1. The van der Waals surface area contributed by atoms with Crippen molar-refractivity contribution in [1.82, 2.24) is 0 Å². The first-order chi connectivity index (χ1) is 13.6. The molecule has 0 spiro atoms. The number of aromatic hydroxyl groups is 1. The summed E-state index contributed by atoms with van der Waals surface area (Å²) in [5, 5.41) is 16.0. The fourth-order valence-corrected chi connectivity index (χ4v) is 3.29. The zero-order valence-electron chi connectivity index (χ0n) is 17.3. The summed E-state index contributed by atoms with van der Waals surface area (Å²) in [6.07, 6.45) is 0.220. The Hall–Kier alpha value is -3.22. The summed E-state index contributed by atoms with van der Waals surface area (Å²) in [6, 6.07) is 8.62. The molecule has 29 heavy (non-hydrogen) atoms. The van der Waals surface area contributed by atoms with Gasteiger partial charge in [-0.3, -0.25) is 9.59 Å². The molecule has 2 amide bonds. The maximum absolute atomic E-state index is 12.5. The van der Waals surface area contributed by atoms with Crippen molar-refractivity contribution in [2.45, 2.75) is 33.1 Å². The van der Waals surface area contributed by atoms with Gasteiger partial charge >= 0.3 is 0 Å². The molecule has 0 fully saturated rings. The molecule has 0 radical (unpaired) electrons. The van der Waals surface area contributed by atoms with Crippen LogP contribution in [0.5, 0.6) is 17.2 Å². The highest BCUT2D eigenvalue weighted by molar-refractivity contribution is 5.99. The Morgan fingerprint density at radius 2 is 1.83 bits per heavy atom. The average molecular weight is 398 g/mol. The minimum absolute atomic E-state index is 0.00676. The minimum Gasteiger partial charge on any atom is -0.504 e. The number of carbonyl (C=O) groups excluding carboxylic acids is 2. The second-order valence-electron chi connectivity index (χ2n) is 8.08. The number of ether oxygens (including phenoxy) is 2. The van der Waals surface area contributed by atoms with Crippen LogP contribution < -0.4 is 20.1 Å². The van der Waals surface area contributed by atoms with Crippen molar-refractivity contribution in [1.29, 1.82) is 0 Å². The van der Waals surface area contributed by atoms with Gasteiger partial charge in [0, 0.05) is 29.5 Å². The lowest BCUT2D eigenvalue weighted by molar-refractivity contribution is -0.123. The lowest BCUT2D eigenvalue weighted by Gasteiger charge is -2.28. The number of hydrogen-bond acceptors (Lipinski definition) is 5. The van der Waals surface area contributed by atoms with Gasteiger partial charge in [0.1, 0.15) is 5.75 Å². The van der Waals surface area contributed by atoms with E-state index in [0.29, 0.717) is 22.9 Å². The van der Waals surface area contributed by atoms with E-state index >= 15 is 0 Å². The van der Waals surface area contributed by atoms with Gasteiger partial charge in [-0.15, -0.1) is 0 Å². The molecule has 7 nitrogen and oxygen atoms in total. The van der Waals surface area contributed by atoms with Crippen molar-refractivity contribution in [3.8, 4) is 17.2 Å². The molecular weight excluding hydrogens is 372 g/mol. The van der Waals surface area contributed by atoms with Crippen LogP contribution in [0.25, 0.3) is 0 Å². The van der Waals surface area contributed by atoms with E-state index in [-0.39, 0.29) is 29.9 Å². The number of benzene rings is 2. The second kappa shape index (κ2) is 7.66. The molecule has 1 unspecified atom stereocenters.